The first-order valence-corrected chi connectivity index (χ1v) is 7.92. The zero-order valence-corrected chi connectivity index (χ0v) is 13.9. The van der Waals surface area contributed by atoms with Gasteiger partial charge in [-0.2, -0.15) is 5.26 Å². The lowest BCUT2D eigenvalue weighted by Gasteiger charge is -2.17. The van der Waals surface area contributed by atoms with Crippen molar-refractivity contribution < 1.29 is 4.74 Å². The fraction of sp³-hybridized carbons (Fsp3) is 0.562. The van der Waals surface area contributed by atoms with Crippen molar-refractivity contribution >= 4 is 15.9 Å². The van der Waals surface area contributed by atoms with Crippen LogP contribution >= 0.6 is 15.9 Å². The van der Waals surface area contributed by atoms with Gasteiger partial charge in [0.1, 0.15) is 5.75 Å². The summed E-state index contributed by atoms with van der Waals surface area (Å²) in [5, 5.41) is 8.52. The monoisotopic (exact) mass is 338 g/mol. The van der Waals surface area contributed by atoms with Gasteiger partial charge in [0.05, 0.1) is 12.7 Å². The molecule has 1 atom stereocenters. The Kier molecular flexibility index (Phi) is 7.64. The molecule has 0 heterocycles. The van der Waals surface area contributed by atoms with E-state index < -0.39 is 0 Å². The van der Waals surface area contributed by atoms with E-state index in [2.05, 4.69) is 48.0 Å². The van der Waals surface area contributed by atoms with Gasteiger partial charge in [-0.15, -0.1) is 0 Å². The number of halogens is 1. The van der Waals surface area contributed by atoms with Crippen LogP contribution in [0.1, 0.15) is 43.7 Å². The van der Waals surface area contributed by atoms with Crippen molar-refractivity contribution in [2.45, 2.75) is 52.0 Å². The molecule has 2 N–H and O–H groups in total. The second-order valence-corrected chi connectivity index (χ2v) is 5.96. The average Bonchev–Trinajstić information content (AvgIpc) is 2.40. The van der Waals surface area contributed by atoms with Gasteiger partial charge in [0, 0.05) is 16.9 Å². The molecule has 0 aliphatic rings. The minimum absolute atomic E-state index is 0.157. The first-order valence-electron chi connectivity index (χ1n) is 7.12. The number of unbranched alkanes of at least 4 members (excludes halogenated alkanes) is 2. The van der Waals surface area contributed by atoms with E-state index in [4.69, 9.17) is 15.7 Å². The normalized spacial score (nSPS) is 11.9. The number of nitrogens with two attached hydrogens (primary N) is 1. The first-order chi connectivity index (χ1) is 9.58. The highest BCUT2D eigenvalue weighted by Crippen LogP contribution is 2.29. The van der Waals surface area contributed by atoms with E-state index in [1.165, 1.54) is 0 Å². The van der Waals surface area contributed by atoms with Crippen LogP contribution < -0.4 is 10.5 Å². The third kappa shape index (κ3) is 5.52. The molecule has 0 radical (unpaired) electrons. The summed E-state index contributed by atoms with van der Waals surface area (Å²) in [7, 11) is 0. The Hall–Kier alpha value is -1.05. The lowest BCUT2D eigenvalue weighted by atomic mass is 10.0. The van der Waals surface area contributed by atoms with Crippen molar-refractivity contribution in [2.75, 3.05) is 6.61 Å². The van der Waals surface area contributed by atoms with Crippen LogP contribution in [-0.4, -0.2) is 12.6 Å². The average molecular weight is 339 g/mol. The van der Waals surface area contributed by atoms with E-state index >= 15 is 0 Å². The van der Waals surface area contributed by atoms with Crippen LogP contribution in [0, 0.1) is 18.3 Å². The highest BCUT2D eigenvalue weighted by atomic mass is 79.9. The first kappa shape index (κ1) is 17.0. The lowest BCUT2D eigenvalue weighted by Crippen LogP contribution is -2.22. The van der Waals surface area contributed by atoms with Crippen molar-refractivity contribution in [3.05, 3.63) is 27.7 Å². The van der Waals surface area contributed by atoms with Gasteiger partial charge in [0.2, 0.25) is 0 Å². The molecule has 1 aromatic carbocycles. The second-order valence-electron chi connectivity index (χ2n) is 5.05. The molecule has 0 bridgehead atoms. The summed E-state index contributed by atoms with van der Waals surface area (Å²) >= 11 is 3.53. The lowest BCUT2D eigenvalue weighted by molar-refractivity contribution is 0.301. The molecule has 0 spiro atoms. The molecule has 0 amide bonds. The fourth-order valence-electron chi connectivity index (χ4n) is 2.06. The van der Waals surface area contributed by atoms with Crippen LogP contribution in [0.4, 0.5) is 0 Å². The van der Waals surface area contributed by atoms with Crippen molar-refractivity contribution in [1.82, 2.24) is 0 Å². The zero-order valence-electron chi connectivity index (χ0n) is 12.3. The molecular formula is C16H23BrN2O. The van der Waals surface area contributed by atoms with Gasteiger partial charge in [0.15, 0.2) is 0 Å². The molecule has 1 unspecified atom stereocenters. The SMILES string of the molecule is CCC(N)Cc1cc(Br)cc(C)c1OCCCCC#N. The van der Waals surface area contributed by atoms with E-state index in [1.807, 2.05) is 0 Å². The van der Waals surface area contributed by atoms with Gasteiger partial charge in [-0.1, -0.05) is 22.9 Å². The van der Waals surface area contributed by atoms with E-state index in [0.717, 1.165) is 47.0 Å². The van der Waals surface area contributed by atoms with Crippen molar-refractivity contribution in [3.8, 4) is 11.8 Å². The fourth-order valence-corrected chi connectivity index (χ4v) is 2.68. The van der Waals surface area contributed by atoms with Crippen LogP contribution in [0.2, 0.25) is 0 Å². The molecule has 3 nitrogen and oxygen atoms in total. The number of nitriles is 1. The van der Waals surface area contributed by atoms with Crippen LogP contribution in [0.3, 0.4) is 0 Å². The Labute approximate surface area is 130 Å². The molecule has 110 valence electrons. The number of aryl methyl sites for hydroxylation is 1. The zero-order chi connectivity index (χ0) is 15.0. The summed E-state index contributed by atoms with van der Waals surface area (Å²) < 4.78 is 6.99. The van der Waals surface area contributed by atoms with Crippen molar-refractivity contribution in [1.29, 1.82) is 5.26 Å². The number of benzene rings is 1. The highest BCUT2D eigenvalue weighted by Gasteiger charge is 2.12. The Morgan fingerprint density at radius 1 is 1.40 bits per heavy atom. The summed E-state index contributed by atoms with van der Waals surface area (Å²) in [6.07, 6.45) is 4.16. The Bertz CT molecular complexity index is 468. The minimum Gasteiger partial charge on any atom is -0.493 e. The summed E-state index contributed by atoms with van der Waals surface area (Å²) in [4.78, 5) is 0. The largest absolute Gasteiger partial charge is 0.493 e. The number of rotatable bonds is 8. The van der Waals surface area contributed by atoms with Crippen LogP contribution in [0.25, 0.3) is 0 Å². The molecule has 0 aliphatic heterocycles. The summed E-state index contributed by atoms with van der Waals surface area (Å²) in [5.74, 6) is 0.953. The smallest absolute Gasteiger partial charge is 0.125 e. The maximum absolute atomic E-state index is 8.52. The van der Waals surface area contributed by atoms with Crippen LogP contribution in [-0.2, 0) is 6.42 Å². The van der Waals surface area contributed by atoms with Gasteiger partial charge in [-0.05, 0) is 55.9 Å². The van der Waals surface area contributed by atoms with Gasteiger partial charge in [-0.25, -0.2) is 0 Å². The van der Waals surface area contributed by atoms with E-state index in [1.54, 1.807) is 0 Å². The minimum atomic E-state index is 0.157. The van der Waals surface area contributed by atoms with Crippen LogP contribution in [0.15, 0.2) is 16.6 Å². The molecule has 0 fully saturated rings. The molecule has 0 aliphatic carbocycles. The maximum Gasteiger partial charge on any atom is 0.125 e. The summed E-state index contributed by atoms with van der Waals surface area (Å²) in [5.41, 5.74) is 8.34. The third-order valence-corrected chi connectivity index (χ3v) is 3.71. The maximum atomic E-state index is 8.52. The standard InChI is InChI=1S/C16H23BrN2O/c1-3-15(19)11-13-10-14(17)9-12(2)16(13)20-8-6-4-5-7-18/h9-10,15H,3-6,8,11,19H2,1-2H3. The number of hydrogen-bond acceptors (Lipinski definition) is 3. The van der Waals surface area contributed by atoms with Gasteiger partial charge in [0.25, 0.3) is 0 Å². The number of ether oxygens (including phenoxy) is 1. The predicted molar refractivity (Wildman–Crippen MR) is 85.8 cm³/mol. The van der Waals surface area contributed by atoms with Gasteiger partial charge >= 0.3 is 0 Å². The number of hydrogen-bond donors (Lipinski definition) is 1. The van der Waals surface area contributed by atoms with Gasteiger partial charge in [-0.3, -0.25) is 0 Å². The summed E-state index contributed by atoms with van der Waals surface area (Å²) in [6.45, 7) is 4.80. The highest BCUT2D eigenvalue weighted by molar-refractivity contribution is 9.10. The molecule has 20 heavy (non-hydrogen) atoms. The molecular weight excluding hydrogens is 316 g/mol. The van der Waals surface area contributed by atoms with E-state index in [-0.39, 0.29) is 6.04 Å². The van der Waals surface area contributed by atoms with Gasteiger partial charge < -0.3 is 10.5 Å². The third-order valence-electron chi connectivity index (χ3n) is 3.25. The molecule has 0 aromatic heterocycles. The topological polar surface area (TPSA) is 59.0 Å². The van der Waals surface area contributed by atoms with Crippen molar-refractivity contribution in [2.24, 2.45) is 5.73 Å². The Morgan fingerprint density at radius 3 is 2.80 bits per heavy atom. The molecule has 0 saturated heterocycles. The van der Waals surface area contributed by atoms with Crippen LogP contribution in [0.5, 0.6) is 5.75 Å². The van der Waals surface area contributed by atoms with E-state index in [0.29, 0.717) is 13.0 Å². The molecule has 0 saturated carbocycles. The molecule has 4 heteroatoms. The Morgan fingerprint density at radius 2 is 2.15 bits per heavy atom. The molecule has 1 aromatic rings. The Balaban J connectivity index is 2.74. The summed E-state index contributed by atoms with van der Waals surface area (Å²) in [6, 6.07) is 6.46. The quantitative estimate of drug-likeness (QED) is 0.725. The predicted octanol–water partition coefficient (Wildman–Crippen LogP) is 4.11. The van der Waals surface area contributed by atoms with E-state index in [9.17, 15) is 0 Å². The molecule has 1 rings (SSSR count). The number of nitrogens with zero attached hydrogens (tertiary/aromatic N) is 1. The van der Waals surface area contributed by atoms with Crippen molar-refractivity contribution in [3.63, 3.8) is 0 Å². The second kappa shape index (κ2) is 8.99.